The van der Waals surface area contributed by atoms with Crippen molar-refractivity contribution in [2.45, 2.75) is 23.9 Å². The number of nitrogens with zero attached hydrogens (tertiary/aromatic N) is 3. The molecule has 1 N–H and O–H groups in total. The highest BCUT2D eigenvalue weighted by molar-refractivity contribution is 7.98. The van der Waals surface area contributed by atoms with E-state index in [0.717, 1.165) is 24.1 Å². The Morgan fingerprint density at radius 1 is 1.50 bits per heavy atom. The van der Waals surface area contributed by atoms with E-state index in [1.54, 1.807) is 11.8 Å². The molecule has 0 bridgehead atoms. The Labute approximate surface area is 88.5 Å². The first-order valence-corrected chi connectivity index (χ1v) is 6.19. The van der Waals surface area contributed by atoms with E-state index in [-0.39, 0.29) is 0 Å². The van der Waals surface area contributed by atoms with Crippen molar-refractivity contribution in [3.8, 4) is 0 Å². The maximum Gasteiger partial charge on any atom is 0.190 e. The molecule has 0 aliphatic carbocycles. The summed E-state index contributed by atoms with van der Waals surface area (Å²) in [6, 6.07) is 0. The molecule has 2 rings (SSSR count). The van der Waals surface area contributed by atoms with Crippen molar-refractivity contribution >= 4 is 11.8 Å². The van der Waals surface area contributed by atoms with Gasteiger partial charge in [0.15, 0.2) is 5.16 Å². The molecule has 1 aliphatic heterocycles. The minimum Gasteiger partial charge on any atom is -0.316 e. The van der Waals surface area contributed by atoms with Crippen LogP contribution in [0.25, 0.3) is 0 Å². The molecule has 14 heavy (non-hydrogen) atoms. The monoisotopic (exact) mass is 212 g/mol. The standard InChI is InChI=1S/C9H16N4S/c1-13-8(11-12-9(13)14-2)7-4-3-5-10-6-7/h7,10H,3-6H2,1-2H3/t7-/m1/s1. The summed E-state index contributed by atoms with van der Waals surface area (Å²) in [5, 5.41) is 12.8. The quantitative estimate of drug-likeness (QED) is 0.743. The molecule has 0 aromatic carbocycles. The number of piperidine rings is 1. The smallest absolute Gasteiger partial charge is 0.190 e. The van der Waals surface area contributed by atoms with Gasteiger partial charge < -0.3 is 9.88 Å². The average molecular weight is 212 g/mol. The minimum atomic E-state index is 0.544. The molecule has 1 fully saturated rings. The Balaban J connectivity index is 2.18. The van der Waals surface area contributed by atoms with Gasteiger partial charge in [0, 0.05) is 19.5 Å². The molecule has 1 aromatic heterocycles. The number of hydrogen-bond acceptors (Lipinski definition) is 4. The molecule has 2 heterocycles. The first kappa shape index (κ1) is 9.98. The third-order valence-electron chi connectivity index (χ3n) is 2.71. The Bertz CT molecular complexity index is 304. The lowest BCUT2D eigenvalue weighted by molar-refractivity contribution is 0.436. The molecule has 1 aliphatic rings. The predicted molar refractivity (Wildman–Crippen MR) is 57.6 cm³/mol. The molecule has 1 aromatic rings. The second-order valence-electron chi connectivity index (χ2n) is 3.65. The van der Waals surface area contributed by atoms with Gasteiger partial charge in [-0.05, 0) is 25.6 Å². The SMILES string of the molecule is CSc1nnc([C@@H]2CCCNC2)n1C. The van der Waals surface area contributed by atoms with Gasteiger partial charge in [-0.25, -0.2) is 0 Å². The van der Waals surface area contributed by atoms with Crippen molar-refractivity contribution in [2.75, 3.05) is 19.3 Å². The number of aromatic nitrogens is 3. The molecular formula is C9H16N4S. The summed E-state index contributed by atoms with van der Waals surface area (Å²) in [6.07, 6.45) is 4.51. The van der Waals surface area contributed by atoms with E-state index in [4.69, 9.17) is 0 Å². The summed E-state index contributed by atoms with van der Waals surface area (Å²) in [5.74, 6) is 1.67. The van der Waals surface area contributed by atoms with Crippen molar-refractivity contribution in [3.05, 3.63) is 5.82 Å². The summed E-state index contributed by atoms with van der Waals surface area (Å²) in [5.41, 5.74) is 0. The molecule has 0 amide bonds. The summed E-state index contributed by atoms with van der Waals surface area (Å²) >= 11 is 1.65. The molecule has 0 saturated carbocycles. The van der Waals surface area contributed by atoms with Crippen LogP contribution in [0.2, 0.25) is 0 Å². The van der Waals surface area contributed by atoms with Crippen molar-refractivity contribution in [1.29, 1.82) is 0 Å². The van der Waals surface area contributed by atoms with Crippen LogP contribution in [0.15, 0.2) is 5.16 Å². The van der Waals surface area contributed by atoms with Crippen molar-refractivity contribution in [2.24, 2.45) is 7.05 Å². The van der Waals surface area contributed by atoms with Crippen molar-refractivity contribution in [1.82, 2.24) is 20.1 Å². The Morgan fingerprint density at radius 2 is 2.36 bits per heavy atom. The summed E-state index contributed by atoms with van der Waals surface area (Å²) in [6.45, 7) is 2.18. The van der Waals surface area contributed by atoms with Crippen LogP contribution in [0.4, 0.5) is 0 Å². The molecule has 1 saturated heterocycles. The van der Waals surface area contributed by atoms with Gasteiger partial charge in [-0.2, -0.15) is 0 Å². The predicted octanol–water partition coefficient (Wildman–Crippen LogP) is 1.00. The van der Waals surface area contributed by atoms with Crippen LogP contribution in [-0.4, -0.2) is 34.1 Å². The maximum absolute atomic E-state index is 4.26. The Kier molecular flexibility index (Phi) is 3.08. The highest BCUT2D eigenvalue weighted by atomic mass is 32.2. The van der Waals surface area contributed by atoms with Gasteiger partial charge in [0.2, 0.25) is 0 Å². The zero-order valence-corrected chi connectivity index (χ0v) is 9.47. The summed E-state index contributed by atoms with van der Waals surface area (Å²) < 4.78 is 2.11. The third-order valence-corrected chi connectivity index (χ3v) is 3.43. The third kappa shape index (κ3) is 1.79. The molecule has 78 valence electrons. The van der Waals surface area contributed by atoms with Crippen LogP contribution in [0.3, 0.4) is 0 Å². The molecule has 0 unspecified atom stereocenters. The number of thioether (sulfide) groups is 1. The fraction of sp³-hybridized carbons (Fsp3) is 0.778. The van der Waals surface area contributed by atoms with Crippen LogP contribution in [-0.2, 0) is 7.05 Å². The number of hydrogen-bond donors (Lipinski definition) is 1. The van der Waals surface area contributed by atoms with Crippen molar-refractivity contribution < 1.29 is 0 Å². The number of rotatable bonds is 2. The van der Waals surface area contributed by atoms with Crippen LogP contribution in [0, 0.1) is 0 Å². The average Bonchev–Trinajstić information content (AvgIpc) is 2.61. The van der Waals surface area contributed by atoms with E-state index >= 15 is 0 Å². The highest BCUT2D eigenvalue weighted by Gasteiger charge is 2.20. The van der Waals surface area contributed by atoms with Gasteiger partial charge in [-0.1, -0.05) is 11.8 Å². The summed E-state index contributed by atoms with van der Waals surface area (Å²) in [7, 11) is 2.05. The molecule has 0 spiro atoms. The second-order valence-corrected chi connectivity index (χ2v) is 4.42. The first-order valence-electron chi connectivity index (χ1n) is 4.97. The van der Waals surface area contributed by atoms with Gasteiger partial charge in [0.25, 0.3) is 0 Å². The zero-order valence-electron chi connectivity index (χ0n) is 8.66. The lowest BCUT2D eigenvalue weighted by atomic mass is 9.99. The molecule has 0 radical (unpaired) electrons. The molecule has 5 heteroatoms. The molecular weight excluding hydrogens is 196 g/mol. The van der Waals surface area contributed by atoms with E-state index in [1.165, 1.54) is 12.8 Å². The zero-order chi connectivity index (χ0) is 9.97. The van der Waals surface area contributed by atoms with Crippen LogP contribution in [0.1, 0.15) is 24.6 Å². The number of nitrogens with one attached hydrogen (secondary N) is 1. The van der Waals surface area contributed by atoms with E-state index in [2.05, 4.69) is 27.1 Å². The van der Waals surface area contributed by atoms with Crippen LogP contribution in [0.5, 0.6) is 0 Å². The first-order chi connectivity index (χ1) is 6.83. The fourth-order valence-electron chi connectivity index (χ4n) is 1.93. The van der Waals surface area contributed by atoms with Gasteiger partial charge in [0.1, 0.15) is 5.82 Å². The van der Waals surface area contributed by atoms with E-state index in [1.807, 2.05) is 6.26 Å². The minimum absolute atomic E-state index is 0.544. The Hall–Kier alpha value is -0.550. The van der Waals surface area contributed by atoms with Crippen LogP contribution >= 0.6 is 11.8 Å². The van der Waals surface area contributed by atoms with E-state index in [9.17, 15) is 0 Å². The molecule has 4 nitrogen and oxygen atoms in total. The van der Waals surface area contributed by atoms with Gasteiger partial charge in [-0.15, -0.1) is 10.2 Å². The largest absolute Gasteiger partial charge is 0.316 e. The van der Waals surface area contributed by atoms with Gasteiger partial charge in [-0.3, -0.25) is 0 Å². The maximum atomic E-state index is 4.26. The van der Waals surface area contributed by atoms with E-state index < -0.39 is 0 Å². The second kappa shape index (κ2) is 4.31. The Morgan fingerprint density at radius 3 is 2.93 bits per heavy atom. The van der Waals surface area contributed by atoms with Gasteiger partial charge >= 0.3 is 0 Å². The fourth-order valence-corrected chi connectivity index (χ4v) is 2.42. The lowest BCUT2D eigenvalue weighted by Crippen LogP contribution is -2.29. The normalized spacial score (nSPS) is 22.6. The summed E-state index contributed by atoms with van der Waals surface area (Å²) in [4.78, 5) is 0. The van der Waals surface area contributed by atoms with Crippen molar-refractivity contribution in [3.63, 3.8) is 0 Å². The van der Waals surface area contributed by atoms with E-state index in [0.29, 0.717) is 5.92 Å². The highest BCUT2D eigenvalue weighted by Crippen LogP contribution is 2.23. The lowest BCUT2D eigenvalue weighted by Gasteiger charge is -2.21. The molecule has 1 atom stereocenters. The van der Waals surface area contributed by atoms with Gasteiger partial charge in [0.05, 0.1) is 0 Å². The van der Waals surface area contributed by atoms with Crippen LogP contribution < -0.4 is 5.32 Å². The topological polar surface area (TPSA) is 42.7 Å².